The van der Waals surface area contributed by atoms with Crippen LogP contribution < -0.4 is 14.2 Å². The van der Waals surface area contributed by atoms with E-state index in [0.29, 0.717) is 27.7 Å². The summed E-state index contributed by atoms with van der Waals surface area (Å²) < 4.78 is 16.1. The molecule has 0 N–H and O–H groups in total. The summed E-state index contributed by atoms with van der Waals surface area (Å²) in [6, 6.07) is 11.2. The second-order valence-electron chi connectivity index (χ2n) is 6.18. The first-order valence-corrected chi connectivity index (χ1v) is 9.40. The number of hydrogen-bond donors (Lipinski definition) is 0. The van der Waals surface area contributed by atoms with E-state index in [0.717, 1.165) is 22.9 Å². The third kappa shape index (κ3) is 3.84. The third-order valence-electron chi connectivity index (χ3n) is 4.36. The second kappa shape index (κ2) is 8.39. The van der Waals surface area contributed by atoms with Crippen molar-refractivity contribution in [1.82, 2.24) is 4.90 Å². The Morgan fingerprint density at radius 2 is 1.61 bits per heavy atom. The Kier molecular flexibility index (Phi) is 5.94. The lowest BCUT2D eigenvalue weighted by Gasteiger charge is -2.14. The molecule has 2 aromatic carbocycles. The van der Waals surface area contributed by atoms with Gasteiger partial charge in [-0.05, 0) is 42.5 Å². The number of benzene rings is 2. The Labute approximate surface area is 168 Å². The molecule has 0 unspecified atom stereocenters. The number of hydrogen-bond acceptors (Lipinski definition) is 6. The number of carbonyl (C=O) groups is 2. The highest BCUT2D eigenvalue weighted by molar-refractivity contribution is 8.18. The van der Waals surface area contributed by atoms with Gasteiger partial charge in [-0.3, -0.25) is 14.5 Å². The van der Waals surface area contributed by atoms with Crippen LogP contribution in [0, 0.1) is 6.92 Å². The molecule has 0 aromatic heterocycles. The molecule has 2 aromatic rings. The lowest BCUT2D eigenvalue weighted by atomic mass is 10.1. The van der Waals surface area contributed by atoms with Crippen LogP contribution in [0.5, 0.6) is 17.2 Å². The van der Waals surface area contributed by atoms with Gasteiger partial charge in [-0.25, -0.2) is 0 Å². The zero-order valence-electron chi connectivity index (χ0n) is 16.1. The van der Waals surface area contributed by atoms with Crippen molar-refractivity contribution < 1.29 is 23.8 Å². The van der Waals surface area contributed by atoms with E-state index in [9.17, 15) is 9.59 Å². The summed E-state index contributed by atoms with van der Waals surface area (Å²) >= 11 is 0.913. The van der Waals surface area contributed by atoms with E-state index < -0.39 is 0 Å². The van der Waals surface area contributed by atoms with Crippen LogP contribution in [-0.2, 0) is 11.3 Å². The number of rotatable bonds is 6. The van der Waals surface area contributed by atoms with Crippen molar-refractivity contribution in [1.29, 1.82) is 0 Å². The molecule has 1 heterocycles. The molecule has 1 fully saturated rings. The van der Waals surface area contributed by atoms with Gasteiger partial charge < -0.3 is 14.2 Å². The fraction of sp³-hybridized carbons (Fsp3) is 0.238. The number of thioether (sulfide) groups is 1. The van der Waals surface area contributed by atoms with Gasteiger partial charge in [0.2, 0.25) is 5.75 Å². The first-order chi connectivity index (χ1) is 13.5. The standard InChI is InChI=1S/C21H21NO5S/c1-13-5-7-14(8-6-13)12-22-20(23)17(28-21(22)24)11-15-9-10-16(25-2)19(27-4)18(15)26-3/h5-11H,12H2,1-4H3/b17-11-. The summed E-state index contributed by atoms with van der Waals surface area (Å²) in [5, 5.41) is -0.295. The molecule has 0 radical (unpaired) electrons. The molecule has 0 atom stereocenters. The van der Waals surface area contributed by atoms with Crippen LogP contribution >= 0.6 is 11.8 Å². The topological polar surface area (TPSA) is 65.1 Å². The summed E-state index contributed by atoms with van der Waals surface area (Å²) in [5.41, 5.74) is 2.65. The predicted molar refractivity (Wildman–Crippen MR) is 109 cm³/mol. The number of amides is 2. The Morgan fingerprint density at radius 1 is 0.929 bits per heavy atom. The molecule has 2 amide bonds. The Hall–Kier alpha value is -2.93. The van der Waals surface area contributed by atoms with Gasteiger partial charge in [-0.2, -0.15) is 0 Å². The molecule has 146 valence electrons. The van der Waals surface area contributed by atoms with Crippen LogP contribution in [0.2, 0.25) is 0 Å². The monoisotopic (exact) mass is 399 g/mol. The van der Waals surface area contributed by atoms with Gasteiger partial charge >= 0.3 is 0 Å². The normalized spacial score (nSPS) is 15.3. The highest BCUT2D eigenvalue weighted by atomic mass is 32.2. The Balaban J connectivity index is 1.90. The van der Waals surface area contributed by atoms with Crippen LogP contribution in [0.3, 0.4) is 0 Å². The molecule has 3 rings (SSSR count). The maximum atomic E-state index is 12.8. The Bertz CT molecular complexity index is 937. The smallest absolute Gasteiger partial charge is 0.293 e. The van der Waals surface area contributed by atoms with Crippen molar-refractivity contribution in [2.75, 3.05) is 21.3 Å². The van der Waals surface area contributed by atoms with E-state index >= 15 is 0 Å². The molecule has 0 spiro atoms. The highest BCUT2D eigenvalue weighted by Crippen LogP contribution is 2.42. The molecule has 0 saturated carbocycles. The number of methoxy groups -OCH3 is 3. The van der Waals surface area contributed by atoms with Crippen LogP contribution in [0.15, 0.2) is 41.3 Å². The van der Waals surface area contributed by atoms with Crippen molar-refractivity contribution in [3.8, 4) is 17.2 Å². The van der Waals surface area contributed by atoms with Gasteiger partial charge in [0.25, 0.3) is 11.1 Å². The largest absolute Gasteiger partial charge is 0.493 e. The van der Waals surface area contributed by atoms with Gasteiger partial charge in [0.1, 0.15) is 0 Å². The summed E-state index contributed by atoms with van der Waals surface area (Å²) in [5.74, 6) is 1.06. The summed E-state index contributed by atoms with van der Waals surface area (Å²) in [6.45, 7) is 2.23. The summed E-state index contributed by atoms with van der Waals surface area (Å²) in [6.07, 6.45) is 1.64. The van der Waals surface area contributed by atoms with Crippen LogP contribution in [-0.4, -0.2) is 37.4 Å². The second-order valence-corrected chi connectivity index (χ2v) is 7.17. The number of nitrogens with zero attached hydrogens (tertiary/aromatic N) is 1. The minimum atomic E-state index is -0.326. The van der Waals surface area contributed by atoms with Crippen molar-refractivity contribution in [2.24, 2.45) is 0 Å². The predicted octanol–water partition coefficient (Wildman–Crippen LogP) is 4.26. The number of aryl methyl sites for hydroxylation is 1. The van der Waals surface area contributed by atoms with E-state index in [1.807, 2.05) is 31.2 Å². The lowest BCUT2D eigenvalue weighted by Crippen LogP contribution is -2.27. The molecule has 6 nitrogen and oxygen atoms in total. The zero-order chi connectivity index (χ0) is 20.3. The molecule has 1 saturated heterocycles. The fourth-order valence-corrected chi connectivity index (χ4v) is 3.72. The molecule has 0 aliphatic carbocycles. The number of imide groups is 1. The maximum absolute atomic E-state index is 12.8. The highest BCUT2D eigenvalue weighted by Gasteiger charge is 2.35. The van der Waals surface area contributed by atoms with Crippen LogP contribution in [0.1, 0.15) is 16.7 Å². The van der Waals surface area contributed by atoms with Gasteiger partial charge in [-0.15, -0.1) is 0 Å². The van der Waals surface area contributed by atoms with Crippen molar-refractivity contribution in [3.63, 3.8) is 0 Å². The minimum Gasteiger partial charge on any atom is -0.493 e. The number of carbonyl (C=O) groups excluding carboxylic acids is 2. The Morgan fingerprint density at radius 3 is 2.21 bits per heavy atom. The molecule has 1 aliphatic rings. The van der Waals surface area contributed by atoms with Gasteiger partial charge in [0.15, 0.2) is 11.5 Å². The van der Waals surface area contributed by atoms with E-state index in [1.165, 1.54) is 26.2 Å². The number of ether oxygens (including phenoxy) is 3. The molecule has 7 heteroatoms. The van der Waals surface area contributed by atoms with E-state index in [-0.39, 0.29) is 17.7 Å². The zero-order valence-corrected chi connectivity index (χ0v) is 17.0. The minimum absolute atomic E-state index is 0.241. The first kappa shape index (κ1) is 19.8. The van der Waals surface area contributed by atoms with E-state index in [1.54, 1.807) is 18.2 Å². The van der Waals surface area contributed by atoms with E-state index in [2.05, 4.69) is 0 Å². The fourth-order valence-electron chi connectivity index (χ4n) is 2.89. The molecular weight excluding hydrogens is 378 g/mol. The van der Waals surface area contributed by atoms with E-state index in [4.69, 9.17) is 14.2 Å². The molecule has 28 heavy (non-hydrogen) atoms. The van der Waals surface area contributed by atoms with Crippen LogP contribution in [0.25, 0.3) is 6.08 Å². The quantitative estimate of drug-likeness (QED) is 0.677. The van der Waals surface area contributed by atoms with Gasteiger partial charge in [0, 0.05) is 5.56 Å². The average molecular weight is 399 g/mol. The average Bonchev–Trinajstić information content (AvgIpc) is 2.96. The van der Waals surface area contributed by atoms with Gasteiger partial charge in [-0.1, -0.05) is 29.8 Å². The summed E-state index contributed by atoms with van der Waals surface area (Å²) in [4.78, 5) is 26.8. The van der Waals surface area contributed by atoms with Crippen LogP contribution in [0.4, 0.5) is 4.79 Å². The summed E-state index contributed by atoms with van der Waals surface area (Å²) in [7, 11) is 4.56. The maximum Gasteiger partial charge on any atom is 0.293 e. The van der Waals surface area contributed by atoms with Gasteiger partial charge in [0.05, 0.1) is 32.8 Å². The molecule has 1 aliphatic heterocycles. The first-order valence-electron chi connectivity index (χ1n) is 8.58. The van der Waals surface area contributed by atoms with Crippen molar-refractivity contribution in [3.05, 3.63) is 58.0 Å². The third-order valence-corrected chi connectivity index (χ3v) is 5.26. The van der Waals surface area contributed by atoms with Crippen molar-refractivity contribution >= 4 is 29.0 Å². The molecular formula is C21H21NO5S. The SMILES string of the molecule is COc1ccc(/C=C2\SC(=O)N(Cc3ccc(C)cc3)C2=O)c(OC)c1OC. The molecule has 0 bridgehead atoms. The van der Waals surface area contributed by atoms with Crippen molar-refractivity contribution in [2.45, 2.75) is 13.5 Å². The lowest BCUT2D eigenvalue weighted by molar-refractivity contribution is -0.123.